The maximum absolute atomic E-state index is 12.1. The Bertz CT molecular complexity index is 998. The smallest absolute Gasteiger partial charge is 0.337 e. The molecule has 26 heavy (non-hydrogen) atoms. The zero-order chi connectivity index (χ0) is 18.8. The van der Waals surface area contributed by atoms with E-state index in [0.717, 1.165) is 10.00 Å². The summed E-state index contributed by atoms with van der Waals surface area (Å²) in [5.41, 5.74) is 2.30. The van der Waals surface area contributed by atoms with E-state index in [1.807, 2.05) is 13.0 Å². The van der Waals surface area contributed by atoms with Gasteiger partial charge in [-0.2, -0.15) is 0 Å². The Labute approximate surface area is 153 Å². The van der Waals surface area contributed by atoms with Crippen molar-refractivity contribution < 1.29 is 23.0 Å². The number of methoxy groups -OCH3 is 2. The van der Waals surface area contributed by atoms with Crippen LogP contribution in [0.4, 0.5) is 11.4 Å². The summed E-state index contributed by atoms with van der Waals surface area (Å²) in [6.07, 6.45) is 0. The molecule has 0 aliphatic carbocycles. The fourth-order valence-electron chi connectivity index (χ4n) is 2.85. The van der Waals surface area contributed by atoms with Gasteiger partial charge in [0, 0.05) is 11.1 Å². The third kappa shape index (κ3) is 3.16. The summed E-state index contributed by atoms with van der Waals surface area (Å²) in [5.74, 6) is -0.166. The van der Waals surface area contributed by atoms with Crippen molar-refractivity contribution in [1.82, 2.24) is 4.98 Å². The fraction of sp³-hybridized carbons (Fsp3) is 0.167. The first-order chi connectivity index (χ1) is 12.5. The lowest BCUT2D eigenvalue weighted by molar-refractivity contribution is 0.0601. The van der Waals surface area contributed by atoms with Gasteiger partial charge in [-0.3, -0.25) is 8.51 Å². The largest absolute Gasteiger partial charge is 0.755 e. The van der Waals surface area contributed by atoms with E-state index in [-0.39, 0.29) is 5.56 Å². The molecule has 0 fully saturated rings. The molecule has 0 saturated heterocycles. The van der Waals surface area contributed by atoms with Gasteiger partial charge in [0.15, 0.2) is 0 Å². The van der Waals surface area contributed by atoms with Crippen LogP contribution < -0.4 is 9.04 Å². The number of carbonyl (C=O) groups is 1. The number of fused-ring (bicyclic) bond motifs is 1. The van der Waals surface area contributed by atoms with Gasteiger partial charge in [0.1, 0.15) is 5.75 Å². The number of H-pyrrole nitrogens is 1. The van der Waals surface area contributed by atoms with E-state index in [2.05, 4.69) is 4.98 Å². The molecule has 136 valence electrons. The van der Waals surface area contributed by atoms with Crippen LogP contribution in [0.15, 0.2) is 42.5 Å². The maximum Gasteiger partial charge on any atom is 0.337 e. The number of ether oxygens (including phenoxy) is 2. The molecule has 0 saturated carbocycles. The van der Waals surface area contributed by atoms with E-state index in [9.17, 15) is 13.6 Å². The molecular weight excluding hydrogens is 356 g/mol. The summed E-state index contributed by atoms with van der Waals surface area (Å²) in [6.45, 7) is 1.85. The molecule has 3 aromatic rings. The number of aryl methyl sites for hydroxylation is 1. The molecule has 1 N–H and O–H groups in total. The molecule has 1 aromatic heterocycles. The zero-order valence-corrected chi connectivity index (χ0v) is 15.3. The first kappa shape index (κ1) is 18.0. The highest BCUT2D eigenvalue weighted by Crippen LogP contribution is 2.38. The average Bonchev–Trinajstić information content (AvgIpc) is 3.01. The van der Waals surface area contributed by atoms with Crippen molar-refractivity contribution in [2.45, 2.75) is 6.92 Å². The lowest BCUT2D eigenvalue weighted by Crippen LogP contribution is -2.21. The second kappa shape index (κ2) is 7.19. The third-order valence-corrected chi connectivity index (χ3v) is 4.63. The Hall–Kier alpha value is -2.84. The number of hydrogen-bond donors (Lipinski definition) is 1. The molecule has 1 unspecified atom stereocenters. The number of rotatable bonds is 5. The Kier molecular flexibility index (Phi) is 4.97. The standard InChI is InChI=1S/C18H18N2O5S/c1-11-8-12-9-13(18(21)25-3)10-15(17(12)19-11)20(26(22)23)14-6-4-5-7-16(14)24-2/h4-10,19H,1-3H3,(H,22,23)/p-1. The van der Waals surface area contributed by atoms with Crippen molar-refractivity contribution >= 4 is 39.5 Å². The molecule has 0 spiro atoms. The minimum absolute atomic E-state index is 0.249. The Morgan fingerprint density at radius 1 is 1.15 bits per heavy atom. The SMILES string of the molecule is COC(=O)c1cc(N(c2ccccc2OC)S(=O)[O-])c2[nH]c(C)cc2c1. The number of nitrogens with zero attached hydrogens (tertiary/aromatic N) is 1. The molecule has 1 heterocycles. The molecule has 0 aliphatic heterocycles. The van der Waals surface area contributed by atoms with Gasteiger partial charge in [0.2, 0.25) is 0 Å². The summed E-state index contributed by atoms with van der Waals surface area (Å²) in [4.78, 5) is 15.2. The Balaban J connectivity index is 2.32. The summed E-state index contributed by atoms with van der Waals surface area (Å²) in [6, 6.07) is 11.7. The predicted molar refractivity (Wildman–Crippen MR) is 98.4 cm³/mol. The van der Waals surface area contributed by atoms with Crippen LogP contribution in [0.25, 0.3) is 10.9 Å². The number of aromatic amines is 1. The molecule has 0 bridgehead atoms. The number of aromatic nitrogens is 1. The molecule has 7 nitrogen and oxygen atoms in total. The molecule has 0 amide bonds. The molecule has 0 aliphatic rings. The molecule has 2 aromatic carbocycles. The lowest BCUT2D eigenvalue weighted by Gasteiger charge is -2.28. The molecule has 0 radical (unpaired) electrons. The molecular formula is C18H17N2O5S-. The van der Waals surface area contributed by atoms with E-state index in [0.29, 0.717) is 28.0 Å². The summed E-state index contributed by atoms with van der Waals surface area (Å²) in [5, 5.41) is 0.700. The van der Waals surface area contributed by atoms with Crippen LogP contribution in [0.2, 0.25) is 0 Å². The van der Waals surface area contributed by atoms with Crippen molar-refractivity contribution in [3.63, 3.8) is 0 Å². The summed E-state index contributed by atoms with van der Waals surface area (Å²) in [7, 11) is 2.74. The monoisotopic (exact) mass is 373 g/mol. The van der Waals surface area contributed by atoms with Crippen LogP contribution in [0, 0.1) is 6.92 Å². The first-order valence-corrected chi connectivity index (χ1v) is 8.73. The fourth-order valence-corrected chi connectivity index (χ4v) is 3.47. The average molecular weight is 373 g/mol. The van der Waals surface area contributed by atoms with Gasteiger partial charge in [0.05, 0.1) is 47.9 Å². The molecule has 3 rings (SSSR count). The van der Waals surface area contributed by atoms with E-state index in [1.165, 1.54) is 20.3 Å². The summed E-state index contributed by atoms with van der Waals surface area (Å²) >= 11 is -2.66. The highest BCUT2D eigenvalue weighted by Gasteiger charge is 2.21. The van der Waals surface area contributed by atoms with Crippen LogP contribution in [0.5, 0.6) is 5.75 Å². The minimum atomic E-state index is -2.66. The van der Waals surface area contributed by atoms with E-state index in [1.54, 1.807) is 30.3 Å². The van der Waals surface area contributed by atoms with Crippen molar-refractivity contribution in [3.8, 4) is 5.75 Å². The van der Waals surface area contributed by atoms with Crippen LogP contribution >= 0.6 is 0 Å². The number of esters is 1. The van der Waals surface area contributed by atoms with Gasteiger partial charge in [-0.25, -0.2) is 4.79 Å². The van der Waals surface area contributed by atoms with Crippen LogP contribution in [0.1, 0.15) is 16.1 Å². The third-order valence-electron chi connectivity index (χ3n) is 3.94. The quantitative estimate of drug-likeness (QED) is 0.547. The minimum Gasteiger partial charge on any atom is -0.755 e. The highest BCUT2D eigenvalue weighted by atomic mass is 32.2. The number of nitrogens with one attached hydrogen (secondary N) is 1. The van der Waals surface area contributed by atoms with Crippen LogP contribution in [-0.2, 0) is 16.0 Å². The first-order valence-electron chi connectivity index (χ1n) is 7.70. The Morgan fingerprint density at radius 3 is 2.54 bits per heavy atom. The van der Waals surface area contributed by atoms with Gasteiger partial charge in [-0.15, -0.1) is 0 Å². The van der Waals surface area contributed by atoms with Crippen LogP contribution in [0.3, 0.4) is 0 Å². The van der Waals surface area contributed by atoms with Gasteiger partial charge in [-0.1, -0.05) is 12.1 Å². The lowest BCUT2D eigenvalue weighted by atomic mass is 10.1. The highest BCUT2D eigenvalue weighted by molar-refractivity contribution is 7.81. The van der Waals surface area contributed by atoms with Crippen molar-refractivity contribution in [1.29, 1.82) is 0 Å². The van der Waals surface area contributed by atoms with Crippen molar-refractivity contribution in [3.05, 3.63) is 53.7 Å². The molecule has 1 atom stereocenters. The Morgan fingerprint density at radius 2 is 1.88 bits per heavy atom. The van der Waals surface area contributed by atoms with Crippen molar-refractivity contribution in [2.24, 2.45) is 0 Å². The van der Waals surface area contributed by atoms with E-state index in [4.69, 9.17) is 9.47 Å². The maximum atomic E-state index is 12.1. The normalized spacial score (nSPS) is 12.0. The van der Waals surface area contributed by atoms with Gasteiger partial charge < -0.3 is 19.0 Å². The predicted octanol–water partition coefficient (Wildman–Crippen LogP) is 3.20. The second-order valence-corrected chi connectivity index (χ2v) is 6.39. The number of hydrogen-bond acceptors (Lipinski definition) is 5. The number of benzene rings is 2. The number of para-hydroxylation sites is 2. The molecule has 8 heteroatoms. The van der Waals surface area contributed by atoms with Crippen LogP contribution in [-0.4, -0.2) is 33.9 Å². The van der Waals surface area contributed by atoms with Gasteiger partial charge >= 0.3 is 5.97 Å². The van der Waals surface area contributed by atoms with Gasteiger partial charge in [0.25, 0.3) is 0 Å². The zero-order valence-electron chi connectivity index (χ0n) is 14.4. The van der Waals surface area contributed by atoms with E-state index >= 15 is 0 Å². The second-order valence-electron chi connectivity index (χ2n) is 5.59. The summed E-state index contributed by atoms with van der Waals surface area (Å²) < 4.78 is 35.4. The van der Waals surface area contributed by atoms with E-state index < -0.39 is 17.2 Å². The van der Waals surface area contributed by atoms with Gasteiger partial charge in [-0.05, 0) is 37.3 Å². The number of anilines is 2. The van der Waals surface area contributed by atoms with Crippen molar-refractivity contribution in [2.75, 3.05) is 18.5 Å². The topological polar surface area (TPSA) is 94.7 Å². The number of carbonyl (C=O) groups excluding carboxylic acids is 1.